The quantitative estimate of drug-likeness (QED) is 0.507. The number of nitrogens with zero attached hydrogens (tertiary/aromatic N) is 3. The summed E-state index contributed by atoms with van der Waals surface area (Å²) in [4.78, 5) is 14.1. The molecule has 0 spiro atoms. The van der Waals surface area contributed by atoms with Gasteiger partial charge in [-0.05, 0) is 23.3 Å². The molecule has 0 unspecified atom stereocenters. The number of benzene rings is 2. The molecule has 6 nitrogen and oxygen atoms in total. The van der Waals surface area contributed by atoms with Gasteiger partial charge in [0.25, 0.3) is 0 Å². The van der Waals surface area contributed by atoms with Gasteiger partial charge in [0.1, 0.15) is 23.5 Å². The summed E-state index contributed by atoms with van der Waals surface area (Å²) in [5.41, 5.74) is 4.41. The molecule has 0 amide bonds. The number of hydrogen-bond acceptors (Lipinski definition) is 5. The number of para-hydroxylation sites is 1. The average molecular weight is 360 g/mol. The van der Waals surface area contributed by atoms with Crippen LogP contribution in [0.25, 0.3) is 22.3 Å². The van der Waals surface area contributed by atoms with E-state index in [2.05, 4.69) is 15.0 Å². The number of hydrogen-bond donors (Lipinski definition) is 3. The van der Waals surface area contributed by atoms with Crippen LogP contribution in [-0.2, 0) is 13.2 Å². The Morgan fingerprint density at radius 3 is 2.56 bits per heavy atom. The van der Waals surface area contributed by atoms with Gasteiger partial charge in [-0.25, -0.2) is 9.97 Å². The number of nitrogens with one attached hydrogen (secondary N) is 1. The molecular weight excluding hydrogens is 340 g/mol. The molecule has 0 aliphatic carbocycles. The van der Waals surface area contributed by atoms with Crippen molar-refractivity contribution in [1.29, 1.82) is 0 Å². The fraction of sp³-hybridized carbons (Fsp3) is 0.143. The van der Waals surface area contributed by atoms with Gasteiger partial charge >= 0.3 is 0 Å². The molecule has 0 aliphatic heterocycles. The van der Waals surface area contributed by atoms with Crippen LogP contribution >= 0.6 is 0 Å². The van der Waals surface area contributed by atoms with Crippen molar-refractivity contribution in [3.05, 3.63) is 72.1 Å². The molecule has 4 rings (SSSR count). The van der Waals surface area contributed by atoms with Crippen LogP contribution in [0.1, 0.15) is 11.1 Å². The van der Waals surface area contributed by atoms with E-state index in [1.165, 1.54) is 6.33 Å². The maximum atomic E-state index is 10.0. The minimum absolute atomic E-state index is 0.0275. The number of H-pyrrole nitrogens is 1. The number of aromatic nitrogens is 3. The normalized spacial score (nSPS) is 11.0. The lowest BCUT2D eigenvalue weighted by molar-refractivity contribution is 0.282. The average Bonchev–Trinajstić information content (AvgIpc) is 3.14. The second-order valence-corrected chi connectivity index (χ2v) is 6.48. The van der Waals surface area contributed by atoms with Gasteiger partial charge < -0.3 is 20.1 Å². The molecule has 2 aromatic carbocycles. The van der Waals surface area contributed by atoms with Crippen molar-refractivity contribution in [2.45, 2.75) is 13.2 Å². The van der Waals surface area contributed by atoms with Crippen LogP contribution < -0.4 is 4.90 Å². The summed E-state index contributed by atoms with van der Waals surface area (Å²) in [6.07, 6.45) is 1.54. The molecule has 0 fully saturated rings. The number of aliphatic hydroxyl groups excluding tert-OH is 1. The first kappa shape index (κ1) is 17.1. The van der Waals surface area contributed by atoms with Gasteiger partial charge in [-0.2, -0.15) is 0 Å². The third-order valence-corrected chi connectivity index (χ3v) is 4.61. The number of phenols is 1. The van der Waals surface area contributed by atoms with Crippen molar-refractivity contribution in [2.75, 3.05) is 11.9 Å². The Balaban J connectivity index is 1.69. The zero-order valence-corrected chi connectivity index (χ0v) is 14.9. The molecule has 27 heavy (non-hydrogen) atoms. The fourth-order valence-electron chi connectivity index (χ4n) is 3.15. The minimum Gasteiger partial charge on any atom is -0.508 e. The van der Waals surface area contributed by atoms with E-state index < -0.39 is 0 Å². The van der Waals surface area contributed by atoms with E-state index >= 15 is 0 Å². The molecule has 0 aliphatic rings. The van der Waals surface area contributed by atoms with Gasteiger partial charge in [-0.3, -0.25) is 0 Å². The topological polar surface area (TPSA) is 85.3 Å². The highest BCUT2D eigenvalue weighted by Gasteiger charge is 2.14. The zero-order chi connectivity index (χ0) is 18.8. The van der Waals surface area contributed by atoms with Crippen molar-refractivity contribution in [3.8, 4) is 17.0 Å². The Hall–Kier alpha value is -3.38. The number of anilines is 1. The van der Waals surface area contributed by atoms with Crippen LogP contribution in [0.15, 0.2) is 60.9 Å². The third-order valence-electron chi connectivity index (χ3n) is 4.61. The fourth-order valence-corrected chi connectivity index (χ4v) is 3.15. The molecule has 0 saturated heterocycles. The number of aromatic amines is 1. The van der Waals surface area contributed by atoms with Crippen LogP contribution in [0.4, 0.5) is 5.82 Å². The summed E-state index contributed by atoms with van der Waals surface area (Å²) in [5, 5.41) is 20.1. The van der Waals surface area contributed by atoms with E-state index in [9.17, 15) is 10.2 Å². The molecule has 4 aromatic rings. The van der Waals surface area contributed by atoms with Crippen molar-refractivity contribution in [2.24, 2.45) is 0 Å². The SMILES string of the molecule is CN(Cc1ccccc1O)c1ncnc2[nH]c(-c3ccc(CO)cc3)cc12. The lowest BCUT2D eigenvalue weighted by Crippen LogP contribution is -2.18. The summed E-state index contributed by atoms with van der Waals surface area (Å²) < 4.78 is 0. The minimum atomic E-state index is 0.0275. The second kappa shape index (κ2) is 7.09. The van der Waals surface area contributed by atoms with Gasteiger partial charge in [-0.1, -0.05) is 42.5 Å². The molecule has 2 aromatic heterocycles. The molecule has 2 heterocycles. The molecule has 3 N–H and O–H groups in total. The molecule has 0 atom stereocenters. The number of aromatic hydroxyl groups is 1. The predicted octanol–water partition coefficient (Wildman–Crippen LogP) is 3.46. The van der Waals surface area contributed by atoms with Crippen LogP contribution in [0.2, 0.25) is 0 Å². The Kier molecular flexibility index (Phi) is 4.48. The number of fused-ring (bicyclic) bond motifs is 1. The van der Waals surface area contributed by atoms with Crippen molar-refractivity contribution in [3.63, 3.8) is 0 Å². The molecule has 0 saturated carbocycles. The van der Waals surface area contributed by atoms with Crippen molar-refractivity contribution >= 4 is 16.9 Å². The maximum absolute atomic E-state index is 10.0. The maximum Gasteiger partial charge on any atom is 0.143 e. The number of phenolic OH excluding ortho intramolecular Hbond substituents is 1. The number of rotatable bonds is 5. The summed E-state index contributed by atoms with van der Waals surface area (Å²) >= 11 is 0. The summed E-state index contributed by atoms with van der Waals surface area (Å²) in [5.74, 6) is 1.06. The van der Waals surface area contributed by atoms with Gasteiger partial charge in [0.2, 0.25) is 0 Å². The Morgan fingerprint density at radius 2 is 1.81 bits per heavy atom. The molecule has 6 heteroatoms. The Labute approximate surface area is 156 Å². The van der Waals surface area contributed by atoms with Crippen LogP contribution in [0.3, 0.4) is 0 Å². The zero-order valence-electron chi connectivity index (χ0n) is 14.9. The van der Waals surface area contributed by atoms with E-state index in [0.717, 1.165) is 39.2 Å². The van der Waals surface area contributed by atoms with Crippen LogP contribution in [0.5, 0.6) is 5.75 Å². The van der Waals surface area contributed by atoms with Crippen molar-refractivity contribution < 1.29 is 10.2 Å². The van der Waals surface area contributed by atoms with Crippen molar-refractivity contribution in [1.82, 2.24) is 15.0 Å². The summed E-state index contributed by atoms with van der Waals surface area (Å²) in [6, 6.07) is 17.1. The smallest absolute Gasteiger partial charge is 0.143 e. The number of aliphatic hydroxyl groups is 1. The van der Waals surface area contributed by atoms with E-state index in [0.29, 0.717) is 6.54 Å². The first-order valence-electron chi connectivity index (χ1n) is 8.67. The monoisotopic (exact) mass is 360 g/mol. The van der Waals surface area contributed by atoms with Crippen LogP contribution in [0, 0.1) is 0 Å². The highest BCUT2D eigenvalue weighted by atomic mass is 16.3. The molecule has 136 valence electrons. The van der Waals surface area contributed by atoms with Crippen LogP contribution in [-0.4, -0.2) is 32.2 Å². The largest absolute Gasteiger partial charge is 0.508 e. The standard InChI is InChI=1S/C21H20N4O2/c1-25(11-16-4-2-3-5-19(16)27)21-17-10-18(24-20(17)22-13-23-21)15-8-6-14(12-26)7-9-15/h2-10,13,26-27H,11-12H2,1H3,(H,22,23,24). The first-order chi connectivity index (χ1) is 13.2. The van der Waals surface area contributed by atoms with Gasteiger partial charge in [0.05, 0.1) is 12.0 Å². The van der Waals surface area contributed by atoms with Gasteiger partial charge in [0.15, 0.2) is 0 Å². The highest BCUT2D eigenvalue weighted by Crippen LogP contribution is 2.29. The Bertz CT molecular complexity index is 1070. The summed E-state index contributed by atoms with van der Waals surface area (Å²) in [7, 11) is 1.94. The Morgan fingerprint density at radius 1 is 1.04 bits per heavy atom. The molecule has 0 radical (unpaired) electrons. The highest BCUT2D eigenvalue weighted by molar-refractivity contribution is 5.91. The van der Waals surface area contributed by atoms with Gasteiger partial charge in [-0.15, -0.1) is 0 Å². The van der Waals surface area contributed by atoms with E-state index in [4.69, 9.17) is 0 Å². The lowest BCUT2D eigenvalue weighted by atomic mass is 10.1. The van der Waals surface area contributed by atoms with E-state index in [1.807, 2.05) is 60.5 Å². The second-order valence-electron chi connectivity index (χ2n) is 6.48. The lowest BCUT2D eigenvalue weighted by Gasteiger charge is -2.19. The predicted molar refractivity (Wildman–Crippen MR) is 105 cm³/mol. The first-order valence-corrected chi connectivity index (χ1v) is 8.67. The van der Waals surface area contributed by atoms with E-state index in [-0.39, 0.29) is 12.4 Å². The molecular formula is C21H20N4O2. The third kappa shape index (κ3) is 3.35. The molecule has 0 bridgehead atoms. The van der Waals surface area contributed by atoms with Gasteiger partial charge in [0, 0.05) is 24.8 Å². The van der Waals surface area contributed by atoms with E-state index in [1.54, 1.807) is 6.07 Å². The summed E-state index contributed by atoms with van der Waals surface area (Å²) in [6.45, 7) is 0.560.